The Bertz CT molecular complexity index is 775. The molecule has 27 heavy (non-hydrogen) atoms. The van der Waals surface area contributed by atoms with Gasteiger partial charge in [-0.3, -0.25) is 4.90 Å². The molecule has 0 amide bonds. The Hall–Kier alpha value is -1.55. The van der Waals surface area contributed by atoms with Crippen LogP contribution in [0.1, 0.15) is 50.1 Å². The van der Waals surface area contributed by atoms with Gasteiger partial charge >= 0.3 is 0 Å². The average molecular weight is 383 g/mol. The van der Waals surface area contributed by atoms with Crippen LogP contribution >= 0.6 is 11.6 Å². The van der Waals surface area contributed by atoms with Gasteiger partial charge in [0.25, 0.3) is 0 Å². The maximum atomic E-state index is 6.95. The van der Waals surface area contributed by atoms with Gasteiger partial charge in [0.1, 0.15) is 0 Å². The molecule has 2 heterocycles. The highest BCUT2D eigenvalue weighted by atomic mass is 35.5. The predicted molar refractivity (Wildman–Crippen MR) is 110 cm³/mol. The van der Waals surface area contributed by atoms with Crippen LogP contribution in [0.15, 0.2) is 54.6 Å². The van der Waals surface area contributed by atoms with Crippen molar-refractivity contribution in [2.45, 2.75) is 50.3 Å². The van der Waals surface area contributed by atoms with Crippen molar-refractivity contribution in [3.05, 3.63) is 65.2 Å². The zero-order chi connectivity index (χ0) is 18.3. The lowest BCUT2D eigenvalue weighted by Crippen LogP contribution is -2.53. The van der Waals surface area contributed by atoms with E-state index in [0.717, 1.165) is 30.2 Å². The molecule has 4 heteroatoms. The summed E-state index contributed by atoms with van der Waals surface area (Å²) in [6.45, 7) is 2.32. The van der Waals surface area contributed by atoms with Crippen LogP contribution in [0, 0.1) is 5.92 Å². The number of para-hydroxylation sites is 1. The summed E-state index contributed by atoms with van der Waals surface area (Å²) < 4.78 is 0. The fraction of sp³-hybridized carbons (Fsp3) is 0.478. The number of likely N-dealkylation sites (tertiary alicyclic amines) is 1. The van der Waals surface area contributed by atoms with E-state index in [1.807, 2.05) is 12.1 Å². The van der Waals surface area contributed by atoms with Crippen LogP contribution in [-0.4, -0.2) is 23.7 Å². The molecule has 3 aliphatic rings. The molecule has 3 fully saturated rings. The molecule has 2 aliphatic heterocycles. The van der Waals surface area contributed by atoms with E-state index in [4.69, 9.17) is 16.4 Å². The largest absolute Gasteiger partial charge is 0.273 e. The minimum atomic E-state index is -0.158. The first kappa shape index (κ1) is 17.5. The number of hydrogen-bond donors (Lipinski definition) is 0. The van der Waals surface area contributed by atoms with Gasteiger partial charge in [0.2, 0.25) is 0 Å². The van der Waals surface area contributed by atoms with Gasteiger partial charge in [0.15, 0.2) is 5.72 Å². The number of anilines is 1. The smallest absolute Gasteiger partial charge is 0.154 e. The van der Waals surface area contributed by atoms with E-state index < -0.39 is 0 Å². The minimum Gasteiger partial charge on any atom is -0.273 e. The van der Waals surface area contributed by atoms with Crippen molar-refractivity contribution in [3.63, 3.8) is 0 Å². The third-order valence-electron chi connectivity index (χ3n) is 6.63. The second-order valence-electron chi connectivity index (χ2n) is 8.14. The Morgan fingerprint density at radius 3 is 2.37 bits per heavy atom. The van der Waals surface area contributed by atoms with E-state index in [-0.39, 0.29) is 11.8 Å². The van der Waals surface area contributed by atoms with Crippen LogP contribution in [0.4, 0.5) is 5.69 Å². The number of halogens is 1. The molecule has 3 nitrogen and oxygen atoms in total. The summed E-state index contributed by atoms with van der Waals surface area (Å²) in [5, 5.41) is 3.00. The van der Waals surface area contributed by atoms with E-state index >= 15 is 0 Å². The summed E-state index contributed by atoms with van der Waals surface area (Å²) in [5.74, 6) is 0.478. The lowest BCUT2D eigenvalue weighted by Gasteiger charge is -2.44. The molecule has 2 aromatic rings. The fourth-order valence-corrected chi connectivity index (χ4v) is 5.55. The van der Waals surface area contributed by atoms with Crippen LogP contribution in [-0.2, 0) is 4.84 Å². The number of nitrogens with zero attached hydrogens (tertiary/aromatic N) is 2. The van der Waals surface area contributed by atoms with Crippen molar-refractivity contribution in [1.82, 2.24) is 4.90 Å². The van der Waals surface area contributed by atoms with Crippen molar-refractivity contribution >= 4 is 17.3 Å². The van der Waals surface area contributed by atoms with E-state index in [9.17, 15) is 0 Å². The van der Waals surface area contributed by atoms with Gasteiger partial charge in [-0.15, -0.1) is 0 Å². The summed E-state index contributed by atoms with van der Waals surface area (Å²) in [6.07, 6.45) is 7.46. The van der Waals surface area contributed by atoms with Crippen LogP contribution in [0.25, 0.3) is 0 Å². The van der Waals surface area contributed by atoms with Crippen molar-refractivity contribution < 1.29 is 4.84 Å². The van der Waals surface area contributed by atoms with E-state index in [0.29, 0.717) is 5.92 Å². The van der Waals surface area contributed by atoms with E-state index in [1.165, 1.54) is 37.7 Å². The Morgan fingerprint density at radius 2 is 1.63 bits per heavy atom. The number of hydroxylamine groups is 1. The molecule has 2 aromatic carbocycles. The number of benzene rings is 2. The molecule has 142 valence electrons. The lowest BCUT2D eigenvalue weighted by atomic mass is 9.75. The SMILES string of the molecule is Clc1ccc([C@@H]2[C@@H]3CCCC[C@@]3(N3CCCC3)ON2c2ccccc2)cc1. The third-order valence-corrected chi connectivity index (χ3v) is 6.89. The molecule has 0 radical (unpaired) electrons. The third kappa shape index (κ3) is 2.97. The molecule has 5 rings (SSSR count). The van der Waals surface area contributed by atoms with E-state index in [2.05, 4.69) is 52.4 Å². The van der Waals surface area contributed by atoms with Crippen molar-refractivity contribution in [2.24, 2.45) is 5.92 Å². The zero-order valence-electron chi connectivity index (χ0n) is 15.7. The highest BCUT2D eigenvalue weighted by molar-refractivity contribution is 6.30. The molecule has 1 saturated carbocycles. The first-order valence-electron chi connectivity index (χ1n) is 10.3. The Labute approximate surface area is 166 Å². The van der Waals surface area contributed by atoms with Gasteiger partial charge in [-0.05, 0) is 61.9 Å². The Kier molecular flexibility index (Phi) is 4.63. The maximum absolute atomic E-state index is 6.95. The first-order valence-corrected chi connectivity index (χ1v) is 10.7. The molecule has 0 N–H and O–H groups in total. The van der Waals surface area contributed by atoms with Crippen molar-refractivity contribution in [2.75, 3.05) is 18.2 Å². The van der Waals surface area contributed by atoms with Crippen LogP contribution in [0.2, 0.25) is 5.02 Å². The topological polar surface area (TPSA) is 15.7 Å². The molecule has 0 bridgehead atoms. The summed E-state index contributed by atoms with van der Waals surface area (Å²) in [4.78, 5) is 9.59. The summed E-state index contributed by atoms with van der Waals surface area (Å²) in [7, 11) is 0. The van der Waals surface area contributed by atoms with Gasteiger partial charge in [0.05, 0.1) is 11.7 Å². The van der Waals surface area contributed by atoms with Gasteiger partial charge in [-0.1, -0.05) is 48.4 Å². The standard InChI is InChI=1S/C23H27ClN2O/c24-19-13-11-18(12-14-19)22-21-10-4-5-15-23(21,25-16-6-7-17-25)27-26(22)20-8-2-1-3-9-20/h1-3,8-9,11-14,21-22H,4-7,10,15-17H2/t21-,22+,23+/m0/s1. The molecule has 0 aromatic heterocycles. The van der Waals surface area contributed by atoms with Crippen LogP contribution in [0.5, 0.6) is 0 Å². The number of rotatable bonds is 3. The second kappa shape index (κ2) is 7.12. The van der Waals surface area contributed by atoms with Crippen LogP contribution < -0.4 is 5.06 Å². The van der Waals surface area contributed by atoms with Gasteiger partial charge in [-0.2, -0.15) is 0 Å². The van der Waals surface area contributed by atoms with Crippen LogP contribution in [0.3, 0.4) is 0 Å². The van der Waals surface area contributed by atoms with Crippen molar-refractivity contribution in [1.29, 1.82) is 0 Å². The number of fused-ring (bicyclic) bond motifs is 1. The van der Waals surface area contributed by atoms with Crippen molar-refractivity contribution in [3.8, 4) is 0 Å². The second-order valence-corrected chi connectivity index (χ2v) is 8.58. The highest BCUT2D eigenvalue weighted by Gasteiger charge is 2.59. The zero-order valence-corrected chi connectivity index (χ0v) is 16.4. The quantitative estimate of drug-likeness (QED) is 0.665. The molecule has 2 saturated heterocycles. The van der Waals surface area contributed by atoms with Gasteiger partial charge < -0.3 is 0 Å². The highest BCUT2D eigenvalue weighted by Crippen LogP contribution is 2.55. The number of hydrogen-bond acceptors (Lipinski definition) is 3. The monoisotopic (exact) mass is 382 g/mol. The molecular formula is C23H27ClN2O. The molecular weight excluding hydrogens is 356 g/mol. The first-order chi connectivity index (χ1) is 13.3. The molecule has 0 unspecified atom stereocenters. The summed E-state index contributed by atoms with van der Waals surface area (Å²) >= 11 is 6.19. The lowest BCUT2D eigenvalue weighted by molar-refractivity contribution is -0.161. The maximum Gasteiger partial charge on any atom is 0.154 e. The van der Waals surface area contributed by atoms with Gasteiger partial charge in [-0.25, -0.2) is 9.90 Å². The average Bonchev–Trinajstić information content (AvgIpc) is 3.36. The molecule has 0 spiro atoms. The van der Waals surface area contributed by atoms with E-state index in [1.54, 1.807) is 0 Å². The summed E-state index contributed by atoms with van der Waals surface area (Å²) in [6, 6.07) is 19.2. The molecule has 3 atom stereocenters. The Morgan fingerprint density at radius 1 is 0.889 bits per heavy atom. The fourth-order valence-electron chi connectivity index (χ4n) is 5.42. The minimum absolute atomic E-state index is 0.158. The van der Waals surface area contributed by atoms with Gasteiger partial charge in [0, 0.05) is 24.0 Å². The normalized spacial score (nSPS) is 31.2. The Balaban J connectivity index is 1.61. The molecule has 1 aliphatic carbocycles. The predicted octanol–water partition coefficient (Wildman–Crippen LogP) is 5.82. The summed E-state index contributed by atoms with van der Waals surface area (Å²) in [5.41, 5.74) is 2.29.